The van der Waals surface area contributed by atoms with E-state index in [4.69, 9.17) is 28.4 Å². The largest absolute Gasteiger partial charge is 0.493 e. The van der Waals surface area contributed by atoms with Gasteiger partial charge in [0.1, 0.15) is 34.2 Å². The van der Waals surface area contributed by atoms with Crippen LogP contribution in [-0.4, -0.2) is 24.4 Å². The van der Waals surface area contributed by atoms with Gasteiger partial charge in [-0.05, 0) is 398 Å². The summed E-state index contributed by atoms with van der Waals surface area (Å²) < 4.78 is 32.8. The van der Waals surface area contributed by atoms with Gasteiger partial charge in [0.25, 0.3) is 0 Å². The third kappa shape index (κ3) is 29.1. The van der Waals surface area contributed by atoms with Crippen molar-refractivity contribution in [3.8, 4) is 23.0 Å². The first-order chi connectivity index (χ1) is 69.2. The van der Waals surface area contributed by atoms with Crippen LogP contribution < -0.4 is 18.9 Å². The van der Waals surface area contributed by atoms with E-state index in [-0.39, 0.29) is 11.2 Å². The third-order valence-electron chi connectivity index (χ3n) is 29.0. The molecule has 17 aromatic carbocycles. The number of hydrogen-bond acceptors (Lipinski definition) is 6. The molecule has 6 nitrogen and oxygen atoms in total. The van der Waals surface area contributed by atoms with Crippen LogP contribution in [0.25, 0.3) is 43.1 Å². The molecule has 27 rings (SSSR count). The van der Waals surface area contributed by atoms with Crippen molar-refractivity contribution in [2.24, 2.45) is 0 Å². The van der Waals surface area contributed by atoms with Gasteiger partial charge >= 0.3 is 0 Å². The monoisotopic (exact) mass is 1890 g/mol. The minimum atomic E-state index is -0.00551. The summed E-state index contributed by atoms with van der Waals surface area (Å²) >= 11 is 0. The van der Waals surface area contributed by atoms with E-state index < -0.39 is 0 Å². The average molecular weight is 1890 g/mol. The summed E-state index contributed by atoms with van der Waals surface area (Å²) in [7, 11) is 0. The second-order valence-corrected chi connectivity index (χ2v) is 41.8. The van der Waals surface area contributed by atoms with Gasteiger partial charge in [-0.1, -0.05) is 325 Å². The molecule has 17 aromatic rings. The molecule has 0 atom stereocenters. The number of rotatable bonds is 0. The summed E-state index contributed by atoms with van der Waals surface area (Å²) in [6.07, 6.45) is 22.9. The molecule has 0 aromatic heterocycles. The van der Waals surface area contributed by atoms with Crippen molar-refractivity contribution in [1.29, 1.82) is 0 Å². The lowest BCUT2D eigenvalue weighted by Crippen LogP contribution is -2.24. The van der Waals surface area contributed by atoms with Gasteiger partial charge in [-0.25, -0.2) is 0 Å². The van der Waals surface area contributed by atoms with Crippen LogP contribution in [-0.2, 0) is 113 Å². The van der Waals surface area contributed by atoms with E-state index in [9.17, 15) is 0 Å². The molecule has 736 valence electrons. The van der Waals surface area contributed by atoms with Crippen LogP contribution in [0.1, 0.15) is 228 Å². The van der Waals surface area contributed by atoms with Gasteiger partial charge in [-0.2, -0.15) is 0 Å². The van der Waals surface area contributed by atoms with E-state index in [0.29, 0.717) is 0 Å². The SMILES string of the molecule is Cc1c2ccccc2cc2ccccc12.Cc1ccc2c(c1)CC(C)(C)O2.Cc1ccc2c(c1)CCC2.Cc1ccc2c(c1)CCCC2.Cc1ccc2c(c1)CCO2.Cc1ccc2c(c1)COC2.Cc1ccc2ccccc2c1.Cc1cccc2c1CC(C)(C)O2.Cc1cccc2c1CCC2.Cc1cccc2c1CCCC2.Cc1cccc2c1CCO2.Cc1cccc2c1COC2.Cc1cccc2ccccc12. The topological polar surface area (TPSA) is 55.4 Å². The number of aryl methyl sites for hydroxylation is 19. The molecule has 0 saturated carbocycles. The maximum Gasteiger partial charge on any atom is 0.123 e. The molecule has 6 heterocycles. The van der Waals surface area contributed by atoms with Crippen LogP contribution in [0.3, 0.4) is 0 Å². The molecule has 0 N–H and O–H groups in total. The van der Waals surface area contributed by atoms with Crippen LogP contribution in [0.15, 0.2) is 322 Å². The second-order valence-electron chi connectivity index (χ2n) is 41.8. The Labute approximate surface area is 855 Å². The van der Waals surface area contributed by atoms with Gasteiger partial charge in [-0.3, -0.25) is 0 Å². The zero-order valence-corrected chi connectivity index (χ0v) is 88.5. The lowest BCUT2D eigenvalue weighted by Gasteiger charge is -2.17. The molecule has 0 saturated heterocycles. The molecule has 0 bridgehead atoms. The molecule has 143 heavy (non-hydrogen) atoms. The Balaban J connectivity index is 0.000000117. The number of fused-ring (bicyclic) bond motifs is 14. The van der Waals surface area contributed by atoms with Crippen molar-refractivity contribution >= 4 is 43.1 Å². The van der Waals surface area contributed by atoms with Gasteiger partial charge in [0.05, 0.1) is 39.6 Å². The van der Waals surface area contributed by atoms with Crippen molar-refractivity contribution < 1.29 is 28.4 Å². The van der Waals surface area contributed by atoms with Crippen molar-refractivity contribution in [1.82, 2.24) is 0 Å². The van der Waals surface area contributed by atoms with Crippen LogP contribution in [0.5, 0.6) is 23.0 Å². The number of benzene rings is 17. The smallest absolute Gasteiger partial charge is 0.123 e. The Kier molecular flexibility index (Phi) is 36.6. The highest BCUT2D eigenvalue weighted by atomic mass is 16.5. The van der Waals surface area contributed by atoms with Crippen molar-refractivity contribution in [3.05, 3.63) is 483 Å². The van der Waals surface area contributed by atoms with Crippen LogP contribution >= 0.6 is 0 Å². The van der Waals surface area contributed by atoms with Crippen LogP contribution in [0.4, 0.5) is 0 Å². The zero-order valence-electron chi connectivity index (χ0n) is 88.5. The van der Waals surface area contributed by atoms with E-state index >= 15 is 0 Å². The fourth-order valence-corrected chi connectivity index (χ4v) is 21.2. The normalized spacial score (nSPS) is 14.6. The Morgan fingerprint density at radius 3 is 1.19 bits per heavy atom. The average Bonchev–Trinajstić information content (AvgIpc) is 1.33. The fraction of sp³-hybridized carbons (Fsp3) is 0.314. The third-order valence-corrected chi connectivity index (χ3v) is 29.0. The molecule has 4 aliphatic carbocycles. The van der Waals surface area contributed by atoms with Gasteiger partial charge in [0.2, 0.25) is 0 Å². The van der Waals surface area contributed by atoms with Gasteiger partial charge < -0.3 is 28.4 Å². The molecule has 6 heteroatoms. The summed E-state index contributed by atoms with van der Waals surface area (Å²) in [6, 6.07) is 114. The van der Waals surface area contributed by atoms with Crippen LogP contribution in [0.2, 0.25) is 0 Å². The van der Waals surface area contributed by atoms with Crippen molar-refractivity contribution in [3.63, 3.8) is 0 Å². The quantitative estimate of drug-likeness (QED) is 0.141. The number of hydrogen-bond donors (Lipinski definition) is 0. The molecule has 0 spiro atoms. The van der Waals surface area contributed by atoms with Gasteiger partial charge in [0, 0.05) is 36.8 Å². The fourth-order valence-electron chi connectivity index (χ4n) is 21.2. The molecular formula is C137H152O6. The van der Waals surface area contributed by atoms with Crippen molar-refractivity contribution in [2.45, 2.75) is 271 Å². The Bertz CT molecular complexity index is 6830. The molecule has 0 radical (unpaired) electrons. The maximum absolute atomic E-state index is 5.78. The van der Waals surface area contributed by atoms with E-state index in [0.717, 1.165) is 88.3 Å². The highest BCUT2D eigenvalue weighted by Crippen LogP contribution is 2.39. The number of ether oxygens (including phenoxy) is 6. The Hall–Kier alpha value is -13.1. The molecule has 0 amide bonds. The zero-order chi connectivity index (χ0) is 100. The molecule has 6 aliphatic heterocycles. The van der Waals surface area contributed by atoms with Gasteiger partial charge in [-0.15, -0.1) is 0 Å². The highest BCUT2D eigenvalue weighted by molar-refractivity contribution is 6.02. The minimum Gasteiger partial charge on any atom is -0.493 e. The summed E-state index contributed by atoms with van der Waals surface area (Å²) in [6.45, 7) is 41.4. The van der Waals surface area contributed by atoms with E-state index in [2.05, 4.69) is 427 Å². The lowest BCUT2D eigenvalue weighted by molar-refractivity contribution is 0.134. The maximum atomic E-state index is 5.78. The molecule has 0 unspecified atom stereocenters. The van der Waals surface area contributed by atoms with E-state index in [1.807, 2.05) is 12.1 Å². The second kappa shape index (κ2) is 50.2. The summed E-state index contributed by atoms with van der Waals surface area (Å²) in [5.74, 6) is 4.29. The Morgan fingerprint density at radius 2 is 0.580 bits per heavy atom. The first-order valence-electron chi connectivity index (χ1n) is 52.6. The van der Waals surface area contributed by atoms with Gasteiger partial charge in [0.15, 0.2) is 0 Å². The summed E-state index contributed by atoms with van der Waals surface area (Å²) in [5.41, 5.74) is 41.5. The van der Waals surface area contributed by atoms with Crippen LogP contribution in [0, 0.1) is 90.0 Å². The molecule has 10 aliphatic rings. The first-order valence-corrected chi connectivity index (χ1v) is 52.6. The standard InChI is InChI=1S/C15H12.2C11H14O.C11H14.C11H10.C11H14.C11H10.2C10H12.4C9H10O/c1-11-14-8-4-2-6-12(14)10-13-7-3-5-9-15(11)13;1-8-4-5-10-9(6-8)7-11(2,3)12-10;1-8-5-4-6-10-9(8)7-11(2,3)12-10;2*1-9-5-4-7-10-6-2-3-8-11(9)10;2*1-9-6-7-10-4-2-3-5-11(10)8-9;1-8-4-2-5-9-6-3-7-10(8)9;1-8-5-6-9-3-2-4-10(9)7-8;1-7-2-3-8-5-10-6-9(8)4-7;1-7-2-3-9-8(6-7)4-5-10-9;1-7-3-2-4-8-5-10-6-9(7)8;1-7-3-2-4-9-8(7)5-6-10-9/h2-10H,1H3;2*4-6H,7H2,1-3H3;4-5,7H,2-3,6,8H2,1H3;2-8H,1H3;6-8H,2-5H2,1H3;2-8H,1H3;2,4-5H,3,6-7H2,1H3;5-7H,2-4H2,1H3;2-4H,5-6H2,1H3;2-3,6H,4-5H2,1H3;2*2-4H,5-6H2,1H3. The minimum absolute atomic E-state index is 0.00384. The van der Waals surface area contributed by atoms with Crippen molar-refractivity contribution in [2.75, 3.05) is 13.2 Å². The predicted molar refractivity (Wildman–Crippen MR) is 605 cm³/mol. The molecule has 0 fully saturated rings. The first kappa shape index (κ1) is 104. The summed E-state index contributed by atoms with van der Waals surface area (Å²) in [5, 5.41) is 10.7. The molecular weight excluding hydrogens is 1740 g/mol. The lowest BCUT2D eigenvalue weighted by atomic mass is 9.89. The van der Waals surface area contributed by atoms with E-state index in [1.54, 1.807) is 44.5 Å². The summed E-state index contributed by atoms with van der Waals surface area (Å²) in [4.78, 5) is 0. The predicted octanol–water partition coefficient (Wildman–Crippen LogP) is 34.6. The Morgan fingerprint density at radius 1 is 0.196 bits per heavy atom. The van der Waals surface area contributed by atoms with E-state index in [1.165, 1.54) is 250 Å². The highest BCUT2D eigenvalue weighted by Gasteiger charge is 2.32.